The monoisotopic (exact) mass is 417 g/mol. The highest BCUT2D eigenvalue weighted by Gasteiger charge is 2.07. The Kier molecular flexibility index (Phi) is 5.47. The molecule has 1 N–H and O–H groups in total. The van der Waals surface area contributed by atoms with Crippen LogP contribution in [0, 0.1) is 11.6 Å². The van der Waals surface area contributed by atoms with E-state index in [0.717, 1.165) is 15.0 Å². The van der Waals surface area contributed by atoms with Crippen molar-refractivity contribution in [1.29, 1.82) is 0 Å². The molecule has 0 radical (unpaired) electrons. The first-order valence-corrected chi connectivity index (χ1v) is 7.72. The van der Waals surface area contributed by atoms with E-state index >= 15 is 0 Å². The van der Waals surface area contributed by atoms with Gasteiger partial charge in [-0.25, -0.2) is 8.78 Å². The smallest absolute Gasteiger partial charge is 0.251 e. The molecule has 21 heavy (non-hydrogen) atoms. The van der Waals surface area contributed by atoms with E-state index in [0.29, 0.717) is 24.1 Å². The van der Waals surface area contributed by atoms with Crippen LogP contribution in [0.2, 0.25) is 0 Å². The van der Waals surface area contributed by atoms with E-state index in [9.17, 15) is 13.6 Å². The molecule has 0 fully saturated rings. The maximum absolute atomic E-state index is 13.0. The minimum Gasteiger partial charge on any atom is -0.352 e. The maximum Gasteiger partial charge on any atom is 0.251 e. The lowest BCUT2D eigenvalue weighted by molar-refractivity contribution is 0.0954. The van der Waals surface area contributed by atoms with Gasteiger partial charge in [-0.05, 0) is 42.3 Å². The fourth-order valence-corrected chi connectivity index (χ4v) is 3.16. The van der Waals surface area contributed by atoms with E-state index in [1.165, 1.54) is 12.1 Å². The molecule has 0 saturated carbocycles. The van der Waals surface area contributed by atoms with Crippen molar-refractivity contribution in [2.24, 2.45) is 0 Å². The molecule has 2 aromatic carbocycles. The summed E-state index contributed by atoms with van der Waals surface area (Å²) in [5.41, 5.74) is 1.00. The second-order valence-corrected chi connectivity index (χ2v) is 6.27. The lowest BCUT2D eigenvalue weighted by Crippen LogP contribution is -2.25. The van der Waals surface area contributed by atoms with Gasteiger partial charge < -0.3 is 5.32 Å². The van der Waals surface area contributed by atoms with Crippen molar-refractivity contribution in [2.45, 2.75) is 6.42 Å². The summed E-state index contributed by atoms with van der Waals surface area (Å²) >= 11 is 6.62. The molecule has 110 valence electrons. The molecular formula is C15H11Br2F2NO. The SMILES string of the molecule is O=C(NCCc1cc(F)cc(F)c1)c1cc(Br)cc(Br)c1. The first-order valence-electron chi connectivity index (χ1n) is 6.13. The molecule has 0 unspecified atom stereocenters. The number of carbonyl (C=O) groups excluding carboxylic acids is 1. The van der Waals surface area contributed by atoms with Crippen molar-refractivity contribution in [2.75, 3.05) is 6.54 Å². The molecule has 2 aromatic rings. The molecule has 1 amide bonds. The normalized spacial score (nSPS) is 10.5. The largest absolute Gasteiger partial charge is 0.352 e. The average Bonchev–Trinajstić information content (AvgIpc) is 2.36. The third kappa shape index (κ3) is 4.89. The molecule has 0 aliphatic heterocycles. The van der Waals surface area contributed by atoms with Crippen LogP contribution in [0.4, 0.5) is 8.78 Å². The predicted octanol–water partition coefficient (Wildman–Crippen LogP) is 4.46. The first kappa shape index (κ1) is 16.1. The molecule has 0 bridgehead atoms. The number of nitrogens with one attached hydrogen (secondary N) is 1. The second kappa shape index (κ2) is 7.13. The van der Waals surface area contributed by atoms with Crippen molar-refractivity contribution in [3.8, 4) is 0 Å². The van der Waals surface area contributed by atoms with Crippen LogP contribution >= 0.6 is 31.9 Å². The Balaban J connectivity index is 1.95. The zero-order valence-electron chi connectivity index (χ0n) is 10.8. The number of hydrogen-bond acceptors (Lipinski definition) is 1. The molecule has 0 atom stereocenters. The van der Waals surface area contributed by atoms with E-state index in [1.807, 2.05) is 6.07 Å². The Bertz CT molecular complexity index is 636. The average molecular weight is 419 g/mol. The summed E-state index contributed by atoms with van der Waals surface area (Å²) in [6, 6.07) is 8.55. The van der Waals surface area contributed by atoms with Crippen LogP contribution in [0.5, 0.6) is 0 Å². The van der Waals surface area contributed by atoms with Crippen molar-refractivity contribution < 1.29 is 13.6 Å². The van der Waals surface area contributed by atoms with Crippen molar-refractivity contribution in [3.63, 3.8) is 0 Å². The lowest BCUT2D eigenvalue weighted by atomic mass is 10.1. The summed E-state index contributed by atoms with van der Waals surface area (Å²) in [5, 5.41) is 2.72. The van der Waals surface area contributed by atoms with Crippen molar-refractivity contribution in [3.05, 3.63) is 68.1 Å². The first-order chi connectivity index (χ1) is 9.94. The van der Waals surface area contributed by atoms with E-state index in [-0.39, 0.29) is 5.91 Å². The summed E-state index contributed by atoms with van der Waals surface area (Å²) in [4.78, 5) is 12.0. The summed E-state index contributed by atoms with van der Waals surface area (Å²) in [6.45, 7) is 0.297. The van der Waals surface area contributed by atoms with Gasteiger partial charge in [0.1, 0.15) is 11.6 Å². The van der Waals surface area contributed by atoms with Gasteiger partial charge in [0.15, 0.2) is 0 Å². The highest BCUT2D eigenvalue weighted by atomic mass is 79.9. The Labute approximate surface area is 137 Å². The third-order valence-corrected chi connectivity index (χ3v) is 3.66. The molecule has 0 saturated heterocycles. The molecule has 2 rings (SSSR count). The van der Waals surface area contributed by atoms with Gasteiger partial charge in [0.05, 0.1) is 0 Å². The Morgan fingerprint density at radius 2 is 1.52 bits per heavy atom. The van der Waals surface area contributed by atoms with Gasteiger partial charge in [0, 0.05) is 27.1 Å². The van der Waals surface area contributed by atoms with Crippen LogP contribution in [-0.4, -0.2) is 12.5 Å². The number of amides is 1. The lowest BCUT2D eigenvalue weighted by Gasteiger charge is -2.07. The van der Waals surface area contributed by atoms with Gasteiger partial charge in [-0.3, -0.25) is 4.79 Å². The van der Waals surface area contributed by atoms with Gasteiger partial charge in [-0.2, -0.15) is 0 Å². The van der Waals surface area contributed by atoms with E-state index < -0.39 is 11.6 Å². The number of benzene rings is 2. The molecule has 0 aliphatic rings. The van der Waals surface area contributed by atoms with Crippen LogP contribution in [0.1, 0.15) is 15.9 Å². The summed E-state index contributed by atoms with van der Waals surface area (Å²) < 4.78 is 27.6. The van der Waals surface area contributed by atoms with Crippen LogP contribution in [0.25, 0.3) is 0 Å². The molecule has 0 spiro atoms. The van der Waals surface area contributed by atoms with Gasteiger partial charge >= 0.3 is 0 Å². The van der Waals surface area contributed by atoms with Crippen LogP contribution in [0.3, 0.4) is 0 Å². The fourth-order valence-electron chi connectivity index (χ4n) is 1.86. The van der Waals surface area contributed by atoms with Crippen LogP contribution in [-0.2, 0) is 6.42 Å². The van der Waals surface area contributed by atoms with E-state index in [2.05, 4.69) is 37.2 Å². The number of hydrogen-bond donors (Lipinski definition) is 1. The number of carbonyl (C=O) groups is 1. The van der Waals surface area contributed by atoms with Crippen molar-refractivity contribution >= 4 is 37.8 Å². The van der Waals surface area contributed by atoms with Gasteiger partial charge in [-0.1, -0.05) is 31.9 Å². The standard InChI is InChI=1S/C15H11Br2F2NO/c16-11-5-10(6-12(17)7-11)15(21)20-2-1-9-3-13(18)8-14(19)4-9/h3-8H,1-2H2,(H,20,21). The summed E-state index contributed by atoms with van der Waals surface area (Å²) in [7, 11) is 0. The quantitative estimate of drug-likeness (QED) is 0.780. The minimum atomic E-state index is -0.618. The Morgan fingerprint density at radius 3 is 2.10 bits per heavy atom. The van der Waals surface area contributed by atoms with Gasteiger partial charge in [0.2, 0.25) is 0 Å². The molecule has 6 heteroatoms. The van der Waals surface area contributed by atoms with Crippen LogP contribution in [0.15, 0.2) is 45.3 Å². The number of halogens is 4. The van der Waals surface area contributed by atoms with E-state index in [1.54, 1.807) is 12.1 Å². The third-order valence-electron chi connectivity index (χ3n) is 2.75. The molecule has 0 heterocycles. The second-order valence-electron chi connectivity index (χ2n) is 4.44. The molecule has 2 nitrogen and oxygen atoms in total. The van der Waals surface area contributed by atoms with Gasteiger partial charge in [-0.15, -0.1) is 0 Å². The Morgan fingerprint density at radius 1 is 0.952 bits per heavy atom. The zero-order valence-corrected chi connectivity index (χ0v) is 14.0. The molecular weight excluding hydrogens is 408 g/mol. The fraction of sp³-hybridized carbons (Fsp3) is 0.133. The predicted molar refractivity (Wildman–Crippen MR) is 84.2 cm³/mol. The Hall–Kier alpha value is -1.27. The minimum absolute atomic E-state index is 0.242. The van der Waals surface area contributed by atoms with Gasteiger partial charge in [0.25, 0.3) is 5.91 Å². The summed E-state index contributed by atoms with van der Waals surface area (Å²) in [6.07, 6.45) is 0.357. The van der Waals surface area contributed by atoms with Crippen LogP contribution < -0.4 is 5.32 Å². The highest BCUT2D eigenvalue weighted by Crippen LogP contribution is 2.20. The van der Waals surface area contributed by atoms with E-state index in [4.69, 9.17) is 0 Å². The maximum atomic E-state index is 13.0. The zero-order chi connectivity index (χ0) is 15.4. The molecule has 0 aromatic heterocycles. The summed E-state index contributed by atoms with van der Waals surface area (Å²) in [5.74, 6) is -1.48. The number of rotatable bonds is 4. The molecule has 0 aliphatic carbocycles. The van der Waals surface area contributed by atoms with Crippen molar-refractivity contribution in [1.82, 2.24) is 5.32 Å². The highest BCUT2D eigenvalue weighted by molar-refractivity contribution is 9.11. The topological polar surface area (TPSA) is 29.1 Å².